The van der Waals surface area contributed by atoms with Crippen molar-refractivity contribution >= 4 is 11.9 Å². The quantitative estimate of drug-likeness (QED) is 0.191. The zero-order valence-electron chi connectivity index (χ0n) is 17.2. The van der Waals surface area contributed by atoms with Crippen molar-refractivity contribution in [2.45, 2.75) is 110 Å². The van der Waals surface area contributed by atoms with Crippen molar-refractivity contribution in [2.24, 2.45) is 5.41 Å². The summed E-state index contributed by atoms with van der Waals surface area (Å²) >= 11 is 0. The van der Waals surface area contributed by atoms with E-state index in [-0.39, 0.29) is 11.9 Å². The minimum atomic E-state index is -0.996. The lowest BCUT2D eigenvalue weighted by Crippen LogP contribution is -2.47. The summed E-state index contributed by atoms with van der Waals surface area (Å²) in [5, 5.41) is 0. The van der Waals surface area contributed by atoms with Gasteiger partial charge in [-0.15, -0.1) is 0 Å². The highest BCUT2D eigenvalue weighted by Crippen LogP contribution is 2.43. The standard InChI is InChI=1S/C22H40O4/c1-3-5-7-9-11-13-18-25-20(23)22(16-15-17-22)21(24)26-19-14-12-10-8-6-4-2/h3-19H2,1-2H3. The Hall–Kier alpha value is -1.06. The molecule has 4 nitrogen and oxygen atoms in total. The summed E-state index contributed by atoms with van der Waals surface area (Å²) in [7, 11) is 0. The molecule has 1 aliphatic carbocycles. The molecular weight excluding hydrogens is 328 g/mol. The van der Waals surface area contributed by atoms with Crippen molar-refractivity contribution in [3.05, 3.63) is 0 Å². The molecule has 1 fully saturated rings. The summed E-state index contributed by atoms with van der Waals surface area (Å²) in [6.07, 6.45) is 15.9. The Morgan fingerprint density at radius 1 is 0.654 bits per heavy atom. The van der Waals surface area contributed by atoms with Gasteiger partial charge in [-0.1, -0.05) is 78.1 Å². The second-order valence-electron chi connectivity index (χ2n) is 7.74. The number of hydrogen-bond donors (Lipinski definition) is 0. The smallest absolute Gasteiger partial charge is 0.323 e. The highest BCUT2D eigenvalue weighted by atomic mass is 16.6. The summed E-state index contributed by atoms with van der Waals surface area (Å²) in [4.78, 5) is 24.8. The van der Waals surface area contributed by atoms with Crippen LogP contribution in [0.15, 0.2) is 0 Å². The van der Waals surface area contributed by atoms with Gasteiger partial charge in [0, 0.05) is 0 Å². The van der Waals surface area contributed by atoms with Gasteiger partial charge >= 0.3 is 11.9 Å². The van der Waals surface area contributed by atoms with Gasteiger partial charge in [-0.3, -0.25) is 9.59 Å². The van der Waals surface area contributed by atoms with E-state index in [0.717, 1.165) is 32.1 Å². The predicted molar refractivity (Wildman–Crippen MR) is 105 cm³/mol. The van der Waals surface area contributed by atoms with Crippen molar-refractivity contribution in [3.8, 4) is 0 Å². The fourth-order valence-electron chi connectivity index (χ4n) is 3.39. The van der Waals surface area contributed by atoms with Crippen LogP contribution in [-0.2, 0) is 19.1 Å². The highest BCUT2D eigenvalue weighted by molar-refractivity contribution is 6.01. The van der Waals surface area contributed by atoms with E-state index in [0.29, 0.717) is 26.1 Å². The largest absolute Gasteiger partial charge is 0.465 e. The molecule has 0 heterocycles. The molecule has 0 unspecified atom stereocenters. The van der Waals surface area contributed by atoms with Crippen LogP contribution in [0.1, 0.15) is 110 Å². The third kappa shape index (κ3) is 8.09. The van der Waals surface area contributed by atoms with Crippen molar-refractivity contribution in [3.63, 3.8) is 0 Å². The number of carbonyl (C=O) groups excluding carboxylic acids is 2. The minimum Gasteiger partial charge on any atom is -0.465 e. The molecule has 1 saturated carbocycles. The van der Waals surface area contributed by atoms with E-state index in [1.165, 1.54) is 51.4 Å². The van der Waals surface area contributed by atoms with Gasteiger partial charge in [0.2, 0.25) is 0 Å². The van der Waals surface area contributed by atoms with Crippen LogP contribution in [0, 0.1) is 5.41 Å². The summed E-state index contributed by atoms with van der Waals surface area (Å²) in [5.74, 6) is -0.712. The van der Waals surface area contributed by atoms with Gasteiger partial charge in [-0.2, -0.15) is 0 Å². The second-order valence-corrected chi connectivity index (χ2v) is 7.74. The summed E-state index contributed by atoms with van der Waals surface area (Å²) < 4.78 is 10.8. The zero-order valence-corrected chi connectivity index (χ0v) is 17.2. The normalized spacial score (nSPS) is 15.3. The monoisotopic (exact) mass is 368 g/mol. The molecule has 4 heteroatoms. The van der Waals surface area contributed by atoms with E-state index < -0.39 is 5.41 Å². The number of carbonyl (C=O) groups is 2. The Balaban J connectivity index is 2.18. The topological polar surface area (TPSA) is 52.6 Å². The van der Waals surface area contributed by atoms with Crippen molar-refractivity contribution in [1.29, 1.82) is 0 Å². The SMILES string of the molecule is CCCCCCCCOC(=O)C1(C(=O)OCCCCCCCC)CCC1. The molecule has 0 N–H and O–H groups in total. The van der Waals surface area contributed by atoms with Crippen LogP contribution >= 0.6 is 0 Å². The van der Waals surface area contributed by atoms with Crippen LogP contribution in [0.2, 0.25) is 0 Å². The average molecular weight is 369 g/mol. The minimum absolute atomic E-state index is 0.356. The molecule has 0 amide bonds. The number of esters is 2. The number of unbranched alkanes of at least 4 members (excludes halogenated alkanes) is 10. The van der Waals surface area contributed by atoms with Gasteiger partial charge in [0.1, 0.15) is 0 Å². The molecule has 0 aromatic carbocycles. The molecule has 1 aliphatic rings. The molecule has 0 atom stereocenters. The first-order valence-electron chi connectivity index (χ1n) is 11.0. The van der Waals surface area contributed by atoms with Crippen LogP contribution < -0.4 is 0 Å². The maximum atomic E-state index is 12.4. The Morgan fingerprint density at radius 2 is 1.04 bits per heavy atom. The fraction of sp³-hybridized carbons (Fsp3) is 0.909. The van der Waals surface area contributed by atoms with Gasteiger partial charge < -0.3 is 9.47 Å². The van der Waals surface area contributed by atoms with Crippen molar-refractivity contribution in [2.75, 3.05) is 13.2 Å². The van der Waals surface area contributed by atoms with E-state index >= 15 is 0 Å². The molecule has 0 aromatic heterocycles. The number of hydrogen-bond acceptors (Lipinski definition) is 4. The van der Waals surface area contributed by atoms with Gasteiger partial charge in [0.25, 0.3) is 0 Å². The second kappa shape index (κ2) is 14.1. The van der Waals surface area contributed by atoms with Crippen LogP contribution in [0.25, 0.3) is 0 Å². The van der Waals surface area contributed by atoms with Gasteiger partial charge in [0.05, 0.1) is 13.2 Å². The molecule has 1 rings (SSSR count). The van der Waals surface area contributed by atoms with Crippen LogP contribution in [0.5, 0.6) is 0 Å². The average Bonchev–Trinajstić information content (AvgIpc) is 2.59. The molecule has 0 saturated heterocycles. The molecule has 26 heavy (non-hydrogen) atoms. The first kappa shape index (κ1) is 23.0. The molecule has 0 aromatic rings. The van der Waals surface area contributed by atoms with E-state index in [4.69, 9.17) is 9.47 Å². The summed E-state index contributed by atoms with van der Waals surface area (Å²) in [6.45, 7) is 5.26. The first-order chi connectivity index (χ1) is 12.7. The Labute approximate surface area is 160 Å². The van der Waals surface area contributed by atoms with Gasteiger partial charge in [-0.05, 0) is 32.1 Å². The van der Waals surface area contributed by atoms with Crippen LogP contribution in [0.4, 0.5) is 0 Å². The summed E-state index contributed by atoms with van der Waals surface area (Å²) in [6, 6.07) is 0. The Morgan fingerprint density at radius 3 is 1.38 bits per heavy atom. The van der Waals surface area contributed by atoms with Gasteiger partial charge in [-0.25, -0.2) is 0 Å². The van der Waals surface area contributed by atoms with E-state index in [1.807, 2.05) is 0 Å². The van der Waals surface area contributed by atoms with Crippen molar-refractivity contribution < 1.29 is 19.1 Å². The number of rotatable bonds is 16. The maximum absolute atomic E-state index is 12.4. The van der Waals surface area contributed by atoms with E-state index in [2.05, 4.69) is 13.8 Å². The maximum Gasteiger partial charge on any atom is 0.323 e. The molecule has 0 bridgehead atoms. The molecular formula is C22H40O4. The lowest BCUT2D eigenvalue weighted by Gasteiger charge is -2.36. The molecule has 152 valence electrons. The van der Waals surface area contributed by atoms with Gasteiger partial charge in [0.15, 0.2) is 5.41 Å². The van der Waals surface area contributed by atoms with Crippen LogP contribution in [0.3, 0.4) is 0 Å². The fourth-order valence-corrected chi connectivity index (χ4v) is 3.39. The van der Waals surface area contributed by atoms with E-state index in [9.17, 15) is 9.59 Å². The zero-order chi connectivity index (χ0) is 19.1. The third-order valence-corrected chi connectivity index (χ3v) is 5.45. The predicted octanol–water partition coefficient (Wildman–Crippen LogP) is 5.96. The molecule has 0 radical (unpaired) electrons. The van der Waals surface area contributed by atoms with E-state index in [1.54, 1.807) is 0 Å². The first-order valence-corrected chi connectivity index (χ1v) is 11.0. The van der Waals surface area contributed by atoms with Crippen LogP contribution in [-0.4, -0.2) is 25.2 Å². The molecule has 0 spiro atoms. The lowest BCUT2D eigenvalue weighted by atomic mass is 9.69. The Kier molecular flexibility index (Phi) is 12.4. The lowest BCUT2D eigenvalue weighted by molar-refractivity contribution is -0.179. The summed E-state index contributed by atoms with van der Waals surface area (Å²) in [5.41, 5.74) is -0.996. The Bertz CT molecular complexity index is 356. The van der Waals surface area contributed by atoms with Crippen molar-refractivity contribution in [1.82, 2.24) is 0 Å². The highest BCUT2D eigenvalue weighted by Gasteiger charge is 2.53. The number of ether oxygens (including phenoxy) is 2. The molecule has 0 aliphatic heterocycles. The third-order valence-electron chi connectivity index (χ3n) is 5.45.